The van der Waals surface area contributed by atoms with Crippen molar-refractivity contribution in [3.8, 4) is 11.5 Å². The fourth-order valence-electron chi connectivity index (χ4n) is 2.07. The van der Waals surface area contributed by atoms with Crippen LogP contribution >= 0.6 is 23.2 Å². The highest BCUT2D eigenvalue weighted by Gasteiger charge is 2.13. The van der Waals surface area contributed by atoms with Gasteiger partial charge in [0.25, 0.3) is 0 Å². The molecule has 0 heterocycles. The van der Waals surface area contributed by atoms with Gasteiger partial charge < -0.3 is 14.9 Å². The summed E-state index contributed by atoms with van der Waals surface area (Å²) in [5.41, 5.74) is 0.153. The molecule has 0 fully saturated rings. The van der Waals surface area contributed by atoms with E-state index in [-0.39, 0.29) is 22.2 Å². The lowest BCUT2D eigenvalue weighted by molar-refractivity contribution is -0.139. The summed E-state index contributed by atoms with van der Waals surface area (Å²) in [6.07, 6.45) is 0.0161. The zero-order valence-corrected chi connectivity index (χ0v) is 13.8. The SMILES string of the molecule is [2H]C([2H])([2H])C([2H])(c1cc(Cc2c(Cl)cc(OCC(=O)O)cc2Cl)ccc1O)C([2H])([2H])[2H]. The Bertz CT molecular complexity index is 953. The zero-order valence-electron chi connectivity index (χ0n) is 19.3. The molecule has 2 rings (SSSR count). The number of aliphatic carboxylic acids is 1. The van der Waals surface area contributed by atoms with Gasteiger partial charge in [0, 0.05) is 26.1 Å². The van der Waals surface area contributed by atoms with E-state index in [9.17, 15) is 9.90 Å². The topological polar surface area (TPSA) is 66.8 Å². The smallest absolute Gasteiger partial charge is 0.341 e. The maximum absolute atomic E-state index is 10.6. The predicted octanol–water partition coefficient (Wildman–Crippen LogP) is 4.88. The largest absolute Gasteiger partial charge is 0.508 e. The molecule has 0 bridgehead atoms. The predicted molar refractivity (Wildman–Crippen MR) is 94.6 cm³/mol. The van der Waals surface area contributed by atoms with Crippen molar-refractivity contribution in [3.05, 3.63) is 57.1 Å². The van der Waals surface area contributed by atoms with Crippen LogP contribution in [0.15, 0.2) is 30.3 Å². The van der Waals surface area contributed by atoms with Gasteiger partial charge in [0.05, 0.1) is 0 Å². The molecule has 0 atom stereocenters. The standard InChI is InChI=1S/C18H18Cl2O4/c1-10(2)13-5-11(3-4-17(13)21)6-14-15(19)7-12(8-16(14)20)24-9-18(22)23/h3-5,7-8,10,21H,6,9H2,1-2H3,(H,22,23)/i1D3,2D3,10D. The van der Waals surface area contributed by atoms with Gasteiger partial charge in [-0.25, -0.2) is 4.79 Å². The monoisotopic (exact) mass is 375 g/mol. The number of ether oxygens (including phenoxy) is 1. The lowest BCUT2D eigenvalue weighted by Crippen LogP contribution is -2.09. The fraction of sp³-hybridized carbons (Fsp3) is 0.278. The second kappa shape index (κ2) is 7.77. The highest BCUT2D eigenvalue weighted by atomic mass is 35.5. The molecule has 0 aliphatic heterocycles. The maximum Gasteiger partial charge on any atom is 0.341 e. The van der Waals surface area contributed by atoms with E-state index < -0.39 is 43.5 Å². The molecule has 6 heteroatoms. The first kappa shape index (κ1) is 10.9. The van der Waals surface area contributed by atoms with Gasteiger partial charge >= 0.3 is 5.97 Å². The van der Waals surface area contributed by atoms with E-state index in [2.05, 4.69) is 0 Å². The summed E-state index contributed by atoms with van der Waals surface area (Å²) >= 11 is 12.5. The third kappa shape index (κ3) is 4.56. The van der Waals surface area contributed by atoms with E-state index in [1.165, 1.54) is 18.2 Å². The highest BCUT2D eigenvalue weighted by molar-refractivity contribution is 6.36. The molecular formula is C18H18Cl2O4. The Kier molecular flexibility index (Phi) is 3.52. The van der Waals surface area contributed by atoms with Crippen molar-refractivity contribution in [2.75, 3.05) is 6.61 Å². The van der Waals surface area contributed by atoms with E-state index in [0.717, 1.165) is 12.1 Å². The van der Waals surface area contributed by atoms with Gasteiger partial charge in [-0.1, -0.05) is 49.0 Å². The van der Waals surface area contributed by atoms with E-state index in [1.54, 1.807) is 0 Å². The van der Waals surface area contributed by atoms with Crippen molar-refractivity contribution >= 4 is 29.2 Å². The van der Waals surface area contributed by atoms with Gasteiger partial charge in [-0.2, -0.15) is 0 Å². The number of carbonyl (C=O) groups is 1. The molecule has 2 N–H and O–H groups in total. The van der Waals surface area contributed by atoms with Crippen LogP contribution < -0.4 is 4.74 Å². The van der Waals surface area contributed by atoms with Gasteiger partial charge in [0.2, 0.25) is 0 Å². The Morgan fingerprint density at radius 1 is 1.29 bits per heavy atom. The summed E-state index contributed by atoms with van der Waals surface area (Å²) in [5.74, 6) is -4.76. The van der Waals surface area contributed by atoms with Crippen LogP contribution in [0.25, 0.3) is 0 Å². The fourth-order valence-corrected chi connectivity index (χ4v) is 2.68. The molecule has 0 aliphatic rings. The number of hydrogen-bond acceptors (Lipinski definition) is 3. The van der Waals surface area contributed by atoms with E-state index in [1.807, 2.05) is 0 Å². The normalized spacial score (nSPS) is 16.7. The van der Waals surface area contributed by atoms with Crippen LogP contribution in [0.2, 0.25) is 10.0 Å². The van der Waals surface area contributed by atoms with Crippen molar-refractivity contribution in [1.82, 2.24) is 0 Å². The minimum absolute atomic E-state index is 0.0161. The Morgan fingerprint density at radius 3 is 2.54 bits per heavy atom. The van der Waals surface area contributed by atoms with Crippen LogP contribution in [0.3, 0.4) is 0 Å². The number of phenols is 1. The summed E-state index contributed by atoms with van der Waals surface area (Å²) in [6.45, 7) is -7.11. The second-order valence-electron chi connectivity index (χ2n) is 4.95. The molecule has 0 saturated heterocycles. The number of aromatic hydroxyl groups is 1. The van der Waals surface area contributed by atoms with E-state index in [0.29, 0.717) is 11.1 Å². The molecule has 0 radical (unpaired) electrons. The second-order valence-corrected chi connectivity index (χ2v) is 5.77. The van der Waals surface area contributed by atoms with Crippen molar-refractivity contribution < 1.29 is 29.3 Å². The number of halogens is 2. The van der Waals surface area contributed by atoms with Crippen molar-refractivity contribution in [3.63, 3.8) is 0 Å². The third-order valence-corrected chi connectivity index (χ3v) is 3.86. The zero-order chi connectivity index (χ0) is 23.8. The molecule has 4 nitrogen and oxygen atoms in total. The molecule has 0 aliphatic carbocycles. The van der Waals surface area contributed by atoms with Gasteiger partial charge in [-0.15, -0.1) is 0 Å². The van der Waals surface area contributed by atoms with E-state index >= 15 is 0 Å². The Labute approximate surface area is 160 Å². The van der Waals surface area contributed by atoms with Gasteiger partial charge in [-0.3, -0.25) is 0 Å². The summed E-state index contributed by atoms with van der Waals surface area (Å²) in [5, 5.41) is 19.1. The Morgan fingerprint density at radius 2 is 1.96 bits per heavy atom. The van der Waals surface area contributed by atoms with Gasteiger partial charge in [0.1, 0.15) is 11.5 Å². The molecule has 0 spiro atoms. The first-order valence-corrected chi connectivity index (χ1v) is 7.48. The molecule has 128 valence electrons. The Balaban J connectivity index is 2.49. The van der Waals surface area contributed by atoms with Gasteiger partial charge in [0.15, 0.2) is 6.61 Å². The molecule has 0 unspecified atom stereocenters. The van der Waals surface area contributed by atoms with Gasteiger partial charge in [-0.05, 0) is 40.8 Å². The molecule has 2 aromatic rings. The lowest BCUT2D eigenvalue weighted by Gasteiger charge is -2.13. The van der Waals surface area contributed by atoms with Crippen LogP contribution in [0.1, 0.15) is 45.9 Å². The Hall–Kier alpha value is -1.91. The van der Waals surface area contributed by atoms with Crippen LogP contribution in [0, 0.1) is 0 Å². The number of carboxylic acids is 1. The summed E-state index contributed by atoms with van der Waals surface area (Å²) in [6, 6.07) is 6.36. The maximum atomic E-state index is 10.6. The van der Waals surface area contributed by atoms with Crippen LogP contribution in [-0.4, -0.2) is 22.8 Å². The summed E-state index contributed by atoms with van der Waals surface area (Å²) < 4.78 is 58.9. The van der Waals surface area contributed by atoms with Crippen molar-refractivity contribution in [1.29, 1.82) is 0 Å². The van der Waals surface area contributed by atoms with Crippen LogP contribution in [-0.2, 0) is 11.2 Å². The summed E-state index contributed by atoms with van der Waals surface area (Å²) in [4.78, 5) is 10.6. The van der Waals surface area contributed by atoms with Crippen molar-refractivity contribution in [2.45, 2.75) is 26.0 Å². The van der Waals surface area contributed by atoms with Crippen LogP contribution in [0.4, 0.5) is 0 Å². The molecule has 0 amide bonds. The number of phenolic OH excluding ortho intramolecular Hbond substituents is 1. The number of carboxylic acid groups (broad SMARTS) is 1. The third-order valence-electron chi connectivity index (χ3n) is 3.19. The summed E-state index contributed by atoms with van der Waals surface area (Å²) in [7, 11) is 0. The molecule has 2 aromatic carbocycles. The van der Waals surface area contributed by atoms with Crippen molar-refractivity contribution in [2.24, 2.45) is 0 Å². The molecule has 0 aromatic heterocycles. The lowest BCUT2D eigenvalue weighted by atomic mass is 9.96. The first-order chi connectivity index (χ1) is 14.1. The number of rotatable bonds is 6. The molecular weight excluding hydrogens is 351 g/mol. The highest BCUT2D eigenvalue weighted by Crippen LogP contribution is 2.33. The average Bonchev–Trinajstić information content (AvgIpc) is 2.61. The first-order valence-electron chi connectivity index (χ1n) is 10.2. The quantitative estimate of drug-likeness (QED) is 0.754. The molecule has 24 heavy (non-hydrogen) atoms. The molecule has 0 saturated carbocycles. The number of benzene rings is 2. The van der Waals surface area contributed by atoms with Crippen LogP contribution in [0.5, 0.6) is 11.5 Å². The van der Waals surface area contributed by atoms with E-state index in [4.69, 9.17) is 42.6 Å². The minimum atomic E-state index is -3.26. The average molecular weight is 376 g/mol. The number of hydrogen-bond donors (Lipinski definition) is 2. The minimum Gasteiger partial charge on any atom is -0.508 e.